The number of aromatic nitrogens is 1. The molecular weight excluding hydrogens is 334 g/mol. The molecule has 138 valence electrons. The Morgan fingerprint density at radius 2 is 1.32 bits per heavy atom. The summed E-state index contributed by atoms with van der Waals surface area (Å²) in [5.74, 6) is 3.45. The zero-order valence-corrected chi connectivity index (χ0v) is 15.6. The Labute approximate surface area is 155 Å². The number of piperidine rings is 4. The van der Waals surface area contributed by atoms with Crippen molar-refractivity contribution in [1.82, 2.24) is 20.9 Å². The van der Waals surface area contributed by atoms with Crippen molar-refractivity contribution in [3.8, 4) is 0 Å². The van der Waals surface area contributed by atoms with Gasteiger partial charge in [-0.1, -0.05) is 11.6 Å². The number of nitrogens with one attached hydrogen (secondary N) is 3. The van der Waals surface area contributed by atoms with Crippen LogP contribution in [0.1, 0.15) is 12.8 Å². The molecule has 2 unspecified atom stereocenters. The highest BCUT2D eigenvalue weighted by atomic mass is 35.5. The zero-order valence-electron chi connectivity index (χ0n) is 14.9. The van der Waals surface area contributed by atoms with Gasteiger partial charge in [0, 0.05) is 13.1 Å². The number of nitrogens with zero attached hydrogens (tertiary/aromatic N) is 2. The number of hydrogen-bond acceptors (Lipinski definition) is 5. The second-order valence-corrected chi connectivity index (χ2v) is 8.54. The molecule has 3 N–H and O–H groups in total. The van der Waals surface area contributed by atoms with Crippen LogP contribution in [0.3, 0.4) is 0 Å². The van der Waals surface area contributed by atoms with Crippen molar-refractivity contribution in [1.29, 1.82) is 0 Å². The maximum atomic E-state index is 5.81. The molecule has 5 heterocycles. The first-order chi connectivity index (χ1) is 12.3. The van der Waals surface area contributed by atoms with Crippen LogP contribution in [0.5, 0.6) is 0 Å². The van der Waals surface area contributed by atoms with Crippen molar-refractivity contribution in [3.63, 3.8) is 0 Å². The second kappa shape index (κ2) is 8.21. The molecule has 4 fully saturated rings. The van der Waals surface area contributed by atoms with E-state index in [2.05, 4.69) is 31.9 Å². The van der Waals surface area contributed by atoms with Crippen LogP contribution in [0.4, 0.5) is 5.69 Å². The Balaban J connectivity index is 0.000000147. The van der Waals surface area contributed by atoms with E-state index < -0.39 is 0 Å². The zero-order chi connectivity index (χ0) is 17.1. The van der Waals surface area contributed by atoms with Gasteiger partial charge in [-0.3, -0.25) is 0 Å². The molecule has 1 aromatic heterocycles. The van der Waals surface area contributed by atoms with Gasteiger partial charge in [-0.2, -0.15) is 0 Å². The smallest absolute Gasteiger partial charge is 0.129 e. The summed E-state index contributed by atoms with van der Waals surface area (Å²) >= 11 is 5.81. The second-order valence-electron chi connectivity index (χ2n) is 8.15. The molecule has 0 amide bonds. The third kappa shape index (κ3) is 4.64. The first-order valence-electron chi connectivity index (χ1n) is 9.75. The van der Waals surface area contributed by atoms with E-state index in [4.69, 9.17) is 11.6 Å². The summed E-state index contributed by atoms with van der Waals surface area (Å²) in [5.41, 5.74) is 1.21. The fourth-order valence-electron chi connectivity index (χ4n) is 4.80. The molecule has 0 saturated carbocycles. The minimum absolute atomic E-state index is 0.572. The number of anilines is 1. The van der Waals surface area contributed by atoms with Gasteiger partial charge in [-0.25, -0.2) is 4.98 Å². The minimum Gasteiger partial charge on any atom is -0.370 e. The molecule has 0 radical (unpaired) electrons. The van der Waals surface area contributed by atoms with Gasteiger partial charge in [0.1, 0.15) is 5.15 Å². The molecule has 4 bridgehead atoms. The van der Waals surface area contributed by atoms with Crippen molar-refractivity contribution >= 4 is 17.3 Å². The quantitative estimate of drug-likeness (QED) is 0.662. The minimum atomic E-state index is 0.572. The van der Waals surface area contributed by atoms with Crippen LogP contribution >= 0.6 is 11.6 Å². The van der Waals surface area contributed by atoms with Crippen LogP contribution in [0.2, 0.25) is 5.15 Å². The number of hydrogen-bond donors (Lipinski definition) is 3. The fourth-order valence-corrected chi connectivity index (χ4v) is 4.92. The Hall–Kier alpha value is -0.880. The van der Waals surface area contributed by atoms with Crippen molar-refractivity contribution in [2.45, 2.75) is 12.8 Å². The van der Waals surface area contributed by atoms with Gasteiger partial charge in [-0.05, 0) is 87.9 Å². The molecule has 2 atom stereocenters. The highest BCUT2D eigenvalue weighted by Gasteiger charge is 2.30. The van der Waals surface area contributed by atoms with E-state index in [0.29, 0.717) is 5.15 Å². The summed E-state index contributed by atoms with van der Waals surface area (Å²) in [5, 5.41) is 11.0. The van der Waals surface area contributed by atoms with Gasteiger partial charge in [0.15, 0.2) is 0 Å². The van der Waals surface area contributed by atoms with E-state index in [1.54, 1.807) is 0 Å². The summed E-state index contributed by atoms with van der Waals surface area (Å²) in [6.07, 6.45) is 4.72. The van der Waals surface area contributed by atoms with E-state index >= 15 is 0 Å². The summed E-state index contributed by atoms with van der Waals surface area (Å²) in [6.45, 7) is 9.57. The lowest BCUT2D eigenvalue weighted by molar-refractivity contribution is 0.226. The van der Waals surface area contributed by atoms with Crippen LogP contribution in [-0.4, -0.2) is 57.3 Å². The predicted octanol–water partition coefficient (Wildman–Crippen LogP) is 1.60. The maximum absolute atomic E-state index is 5.81. The molecular formula is C19H30ClN5. The molecule has 0 spiro atoms. The Bertz CT molecular complexity index is 519. The lowest BCUT2D eigenvalue weighted by Gasteiger charge is -2.42. The highest BCUT2D eigenvalue weighted by molar-refractivity contribution is 6.29. The summed E-state index contributed by atoms with van der Waals surface area (Å²) in [4.78, 5) is 6.60. The van der Waals surface area contributed by atoms with Gasteiger partial charge in [0.25, 0.3) is 0 Å². The molecule has 0 aromatic carbocycles. The standard InChI is InChI=1S/C12H16ClN3.C7H14N2/c13-12-2-1-11(6-15-12)16-7-9-3-10(8-16)5-14-4-9;1-6-2-8-4-7(1)5-9-3-6/h1-2,6,9-10,14H,3-5,7-8H2;6-9H,1-5H2. The van der Waals surface area contributed by atoms with Gasteiger partial charge in [0.2, 0.25) is 0 Å². The molecule has 5 rings (SSSR count). The van der Waals surface area contributed by atoms with E-state index in [1.165, 1.54) is 44.7 Å². The average Bonchev–Trinajstić information content (AvgIpc) is 2.63. The number of fused-ring (bicyclic) bond motifs is 4. The summed E-state index contributed by atoms with van der Waals surface area (Å²) in [6, 6.07) is 3.95. The fraction of sp³-hybridized carbons (Fsp3) is 0.737. The monoisotopic (exact) mass is 363 g/mol. The van der Waals surface area contributed by atoms with Crippen LogP contribution in [0.25, 0.3) is 0 Å². The van der Waals surface area contributed by atoms with Crippen molar-refractivity contribution in [2.24, 2.45) is 23.7 Å². The van der Waals surface area contributed by atoms with Crippen LogP contribution in [-0.2, 0) is 0 Å². The van der Waals surface area contributed by atoms with Gasteiger partial charge in [-0.15, -0.1) is 0 Å². The normalized spacial score (nSPS) is 34.0. The summed E-state index contributed by atoms with van der Waals surface area (Å²) in [7, 11) is 0. The molecule has 25 heavy (non-hydrogen) atoms. The topological polar surface area (TPSA) is 52.2 Å². The highest BCUT2D eigenvalue weighted by Crippen LogP contribution is 2.28. The first kappa shape index (κ1) is 17.5. The molecule has 6 heteroatoms. The molecule has 0 aliphatic carbocycles. The number of pyridine rings is 1. The lowest BCUT2D eigenvalue weighted by atomic mass is 9.86. The van der Waals surface area contributed by atoms with Crippen LogP contribution in [0, 0.1) is 23.7 Å². The molecule has 4 aliphatic rings. The van der Waals surface area contributed by atoms with Crippen molar-refractivity contribution in [2.75, 3.05) is 57.3 Å². The molecule has 4 saturated heterocycles. The predicted molar refractivity (Wildman–Crippen MR) is 103 cm³/mol. The average molecular weight is 364 g/mol. The Morgan fingerprint density at radius 1 is 0.800 bits per heavy atom. The van der Waals surface area contributed by atoms with E-state index in [0.717, 1.165) is 49.9 Å². The van der Waals surface area contributed by atoms with Gasteiger partial charge < -0.3 is 20.9 Å². The molecule has 1 aromatic rings. The van der Waals surface area contributed by atoms with E-state index in [9.17, 15) is 0 Å². The van der Waals surface area contributed by atoms with Gasteiger partial charge >= 0.3 is 0 Å². The lowest BCUT2D eigenvalue weighted by Crippen LogP contribution is -2.51. The van der Waals surface area contributed by atoms with Crippen molar-refractivity contribution < 1.29 is 0 Å². The number of halogens is 1. The van der Waals surface area contributed by atoms with Crippen molar-refractivity contribution in [3.05, 3.63) is 23.5 Å². The largest absolute Gasteiger partial charge is 0.370 e. The molecule has 5 nitrogen and oxygen atoms in total. The summed E-state index contributed by atoms with van der Waals surface area (Å²) < 4.78 is 0. The maximum Gasteiger partial charge on any atom is 0.129 e. The third-order valence-corrected chi connectivity index (χ3v) is 6.19. The number of rotatable bonds is 1. The van der Waals surface area contributed by atoms with E-state index in [1.807, 2.05) is 12.3 Å². The van der Waals surface area contributed by atoms with Gasteiger partial charge in [0.05, 0.1) is 11.9 Å². The Morgan fingerprint density at radius 3 is 1.80 bits per heavy atom. The first-order valence-corrected chi connectivity index (χ1v) is 10.1. The Kier molecular flexibility index (Phi) is 5.76. The van der Waals surface area contributed by atoms with E-state index in [-0.39, 0.29) is 0 Å². The SMILES string of the molecule is C1NCC2CNCC1C2.Clc1ccc(N2CC3CNCC(C3)C2)cn1. The molecule has 4 aliphatic heterocycles. The van der Waals surface area contributed by atoms with Crippen LogP contribution in [0.15, 0.2) is 18.3 Å². The van der Waals surface area contributed by atoms with Crippen LogP contribution < -0.4 is 20.9 Å². The third-order valence-electron chi connectivity index (χ3n) is 5.97.